The third-order valence-electron chi connectivity index (χ3n) is 1.93. The molecule has 0 aliphatic rings. The number of imidazole rings is 1. The summed E-state index contributed by atoms with van der Waals surface area (Å²) in [5.74, 6) is -0.261. The number of hydrogen-bond acceptors (Lipinski definition) is 1. The van der Waals surface area contributed by atoms with Crippen LogP contribution < -0.4 is 0 Å². The lowest BCUT2D eigenvalue weighted by atomic mass is 10.3. The van der Waals surface area contributed by atoms with Crippen LogP contribution in [0.15, 0.2) is 30.5 Å². The van der Waals surface area contributed by atoms with E-state index in [1.165, 1.54) is 12.1 Å². The van der Waals surface area contributed by atoms with E-state index in [-0.39, 0.29) is 5.82 Å². The van der Waals surface area contributed by atoms with E-state index in [2.05, 4.69) is 4.98 Å². The fourth-order valence-electron chi connectivity index (χ4n) is 1.33. The minimum absolute atomic E-state index is 0.261. The lowest BCUT2D eigenvalue weighted by Crippen LogP contribution is -1.92. The number of halogens is 1. The largest absolute Gasteiger partial charge is 0.335 e. The van der Waals surface area contributed by atoms with Gasteiger partial charge >= 0.3 is 0 Å². The topological polar surface area (TPSA) is 20.7 Å². The number of aromatic amines is 1. The normalized spacial score (nSPS) is 10.4. The second-order valence-electron chi connectivity index (χ2n) is 3.09. The molecule has 4 heteroatoms. The summed E-state index contributed by atoms with van der Waals surface area (Å²) in [5, 5.41) is 0. The number of rotatable bonds is 1. The van der Waals surface area contributed by atoms with Crippen molar-refractivity contribution in [2.24, 2.45) is 0 Å². The predicted octanol–water partition coefficient (Wildman–Crippen LogP) is 2.98. The Labute approximate surface area is 86.0 Å². The van der Waals surface area contributed by atoms with Gasteiger partial charge in [-0.25, -0.2) is 4.39 Å². The number of aromatic nitrogens is 2. The zero-order valence-corrected chi connectivity index (χ0v) is 8.44. The van der Waals surface area contributed by atoms with Gasteiger partial charge in [0.1, 0.15) is 5.82 Å². The molecular formula is C10H9FN2S. The van der Waals surface area contributed by atoms with Gasteiger partial charge in [-0.05, 0) is 37.3 Å². The molecule has 14 heavy (non-hydrogen) atoms. The molecule has 1 aromatic carbocycles. The molecule has 2 nitrogen and oxygen atoms in total. The van der Waals surface area contributed by atoms with Crippen LogP contribution in [0.5, 0.6) is 0 Å². The monoisotopic (exact) mass is 208 g/mol. The van der Waals surface area contributed by atoms with E-state index in [0.29, 0.717) is 4.77 Å². The van der Waals surface area contributed by atoms with E-state index in [1.807, 2.05) is 19.2 Å². The Kier molecular flexibility index (Phi) is 2.21. The Bertz CT molecular complexity index is 513. The van der Waals surface area contributed by atoms with Gasteiger partial charge in [0.2, 0.25) is 0 Å². The van der Waals surface area contributed by atoms with Crippen molar-refractivity contribution < 1.29 is 4.39 Å². The van der Waals surface area contributed by atoms with Crippen LogP contribution in [0.4, 0.5) is 4.39 Å². The maximum Gasteiger partial charge on any atom is 0.181 e. The van der Waals surface area contributed by atoms with Crippen LogP contribution in [0.2, 0.25) is 0 Å². The average molecular weight is 208 g/mol. The fourth-order valence-corrected chi connectivity index (χ4v) is 1.65. The van der Waals surface area contributed by atoms with E-state index in [4.69, 9.17) is 12.2 Å². The van der Waals surface area contributed by atoms with Crippen LogP contribution >= 0.6 is 12.2 Å². The highest BCUT2D eigenvalue weighted by molar-refractivity contribution is 7.71. The molecule has 0 aliphatic heterocycles. The third-order valence-corrected chi connectivity index (χ3v) is 2.23. The van der Waals surface area contributed by atoms with E-state index in [9.17, 15) is 4.39 Å². The first-order valence-corrected chi connectivity index (χ1v) is 4.62. The second kappa shape index (κ2) is 3.38. The first-order valence-electron chi connectivity index (χ1n) is 4.21. The van der Waals surface area contributed by atoms with Crippen molar-refractivity contribution in [3.8, 4) is 5.69 Å². The molecule has 1 heterocycles. The van der Waals surface area contributed by atoms with Gasteiger partial charge in [0.05, 0.1) is 5.69 Å². The summed E-state index contributed by atoms with van der Waals surface area (Å²) in [4.78, 5) is 2.98. The molecule has 0 spiro atoms. The highest BCUT2D eigenvalue weighted by atomic mass is 32.1. The molecule has 2 aromatic rings. The number of benzene rings is 1. The zero-order chi connectivity index (χ0) is 10.1. The molecule has 0 radical (unpaired) electrons. The van der Waals surface area contributed by atoms with Crippen molar-refractivity contribution in [1.29, 1.82) is 0 Å². The first-order chi connectivity index (χ1) is 6.66. The Balaban J connectivity index is 2.60. The van der Waals surface area contributed by atoms with Gasteiger partial charge in [-0.3, -0.25) is 4.57 Å². The van der Waals surface area contributed by atoms with Crippen molar-refractivity contribution >= 4 is 12.2 Å². The summed E-state index contributed by atoms with van der Waals surface area (Å²) in [5.41, 5.74) is 1.69. The molecule has 0 aliphatic carbocycles. The van der Waals surface area contributed by atoms with Crippen molar-refractivity contribution in [3.05, 3.63) is 46.7 Å². The number of aryl methyl sites for hydroxylation is 1. The molecule has 0 amide bonds. The molecule has 0 bridgehead atoms. The summed E-state index contributed by atoms with van der Waals surface area (Å²) in [6.45, 7) is 1.91. The lowest BCUT2D eigenvalue weighted by molar-refractivity contribution is 0.626. The van der Waals surface area contributed by atoms with Gasteiger partial charge in [0, 0.05) is 11.9 Å². The first kappa shape index (κ1) is 9.15. The molecule has 2 rings (SSSR count). The van der Waals surface area contributed by atoms with Crippen molar-refractivity contribution in [1.82, 2.24) is 9.55 Å². The minimum Gasteiger partial charge on any atom is -0.335 e. The SMILES string of the molecule is Cc1cn(-c2cccc(F)c2)c(=S)[nH]1. The maximum atomic E-state index is 12.9. The molecule has 0 fully saturated rings. The lowest BCUT2D eigenvalue weighted by Gasteiger charge is -2.00. The number of nitrogens with one attached hydrogen (secondary N) is 1. The van der Waals surface area contributed by atoms with Crippen LogP contribution in [0.25, 0.3) is 5.69 Å². The van der Waals surface area contributed by atoms with Gasteiger partial charge in [-0.2, -0.15) is 0 Å². The predicted molar refractivity (Wildman–Crippen MR) is 55.6 cm³/mol. The van der Waals surface area contributed by atoms with Crippen molar-refractivity contribution in [3.63, 3.8) is 0 Å². The zero-order valence-electron chi connectivity index (χ0n) is 7.62. The third kappa shape index (κ3) is 1.61. The Hall–Kier alpha value is -1.42. The molecular weight excluding hydrogens is 199 g/mol. The van der Waals surface area contributed by atoms with E-state index >= 15 is 0 Å². The van der Waals surface area contributed by atoms with E-state index in [1.54, 1.807) is 10.6 Å². The quantitative estimate of drug-likeness (QED) is 0.714. The highest BCUT2D eigenvalue weighted by Crippen LogP contribution is 2.11. The van der Waals surface area contributed by atoms with E-state index < -0.39 is 0 Å². The van der Waals surface area contributed by atoms with Crippen LogP contribution in [0.1, 0.15) is 5.69 Å². The Morgan fingerprint density at radius 1 is 1.43 bits per heavy atom. The van der Waals surface area contributed by atoms with Crippen molar-refractivity contribution in [2.75, 3.05) is 0 Å². The van der Waals surface area contributed by atoms with Crippen LogP contribution in [-0.4, -0.2) is 9.55 Å². The Morgan fingerprint density at radius 3 is 2.79 bits per heavy atom. The van der Waals surface area contributed by atoms with Gasteiger partial charge in [-0.1, -0.05) is 6.07 Å². The van der Waals surface area contributed by atoms with Gasteiger partial charge in [-0.15, -0.1) is 0 Å². The summed E-state index contributed by atoms with van der Waals surface area (Å²) >= 11 is 5.08. The number of nitrogens with zero attached hydrogens (tertiary/aromatic N) is 1. The molecule has 0 atom stereocenters. The smallest absolute Gasteiger partial charge is 0.181 e. The summed E-state index contributed by atoms with van der Waals surface area (Å²) in [6, 6.07) is 6.33. The summed E-state index contributed by atoms with van der Waals surface area (Å²) in [7, 11) is 0. The molecule has 1 N–H and O–H groups in total. The molecule has 0 saturated carbocycles. The minimum atomic E-state index is -0.261. The molecule has 72 valence electrons. The Morgan fingerprint density at radius 2 is 2.21 bits per heavy atom. The molecule has 0 unspecified atom stereocenters. The van der Waals surface area contributed by atoms with E-state index in [0.717, 1.165) is 11.4 Å². The number of H-pyrrole nitrogens is 1. The summed E-state index contributed by atoms with van der Waals surface area (Å²) in [6.07, 6.45) is 1.84. The maximum absolute atomic E-state index is 12.9. The van der Waals surface area contributed by atoms with Crippen LogP contribution in [0, 0.1) is 17.5 Å². The summed E-state index contributed by atoms with van der Waals surface area (Å²) < 4.78 is 15.3. The standard InChI is InChI=1S/C10H9FN2S/c1-7-6-13(10(14)12-7)9-4-2-3-8(11)5-9/h2-6H,1H3,(H,12,14). The fraction of sp³-hybridized carbons (Fsp3) is 0.100. The highest BCUT2D eigenvalue weighted by Gasteiger charge is 2.00. The van der Waals surface area contributed by atoms with Gasteiger partial charge < -0.3 is 4.98 Å². The van der Waals surface area contributed by atoms with Crippen molar-refractivity contribution in [2.45, 2.75) is 6.92 Å². The van der Waals surface area contributed by atoms with Gasteiger partial charge in [0.25, 0.3) is 0 Å². The average Bonchev–Trinajstić information content (AvgIpc) is 2.45. The van der Waals surface area contributed by atoms with Gasteiger partial charge in [0.15, 0.2) is 4.77 Å². The van der Waals surface area contributed by atoms with Crippen LogP contribution in [-0.2, 0) is 0 Å². The molecule has 0 saturated heterocycles. The second-order valence-corrected chi connectivity index (χ2v) is 3.48. The molecule has 1 aromatic heterocycles. The van der Waals surface area contributed by atoms with Crippen LogP contribution in [0.3, 0.4) is 0 Å². The number of hydrogen-bond donors (Lipinski definition) is 1.